The van der Waals surface area contributed by atoms with E-state index in [2.05, 4.69) is 19.3 Å². The molecule has 0 aromatic heterocycles. The number of aliphatic hydroxyl groups excluding tert-OH is 1. The van der Waals surface area contributed by atoms with Crippen molar-refractivity contribution in [3.63, 3.8) is 0 Å². The Morgan fingerprint density at radius 1 is 1.32 bits per heavy atom. The molecule has 0 saturated carbocycles. The maximum absolute atomic E-state index is 11.9. The van der Waals surface area contributed by atoms with Gasteiger partial charge in [-0.25, -0.2) is 5.84 Å². The van der Waals surface area contributed by atoms with Gasteiger partial charge < -0.3 is 9.84 Å². The average Bonchev–Trinajstić information content (AvgIpc) is 2.51. The van der Waals surface area contributed by atoms with Crippen molar-refractivity contribution in [3.8, 4) is 0 Å². The van der Waals surface area contributed by atoms with E-state index < -0.39 is 6.10 Å². The number of hydrazine groups is 1. The van der Waals surface area contributed by atoms with Gasteiger partial charge >= 0.3 is 0 Å². The lowest BCUT2D eigenvalue weighted by Gasteiger charge is -2.19. The van der Waals surface area contributed by atoms with Crippen molar-refractivity contribution in [2.75, 3.05) is 13.2 Å². The summed E-state index contributed by atoms with van der Waals surface area (Å²) in [6, 6.07) is 9.71. The molecule has 1 aromatic carbocycles. The number of hydrogen-bond acceptors (Lipinski definition) is 4. The number of hydrogen-bond donors (Lipinski definition) is 3. The quantitative estimate of drug-likeness (QED) is 0.265. The molecule has 0 bridgehead atoms. The first-order chi connectivity index (χ1) is 10.5. The van der Waals surface area contributed by atoms with Crippen molar-refractivity contribution >= 4 is 5.91 Å². The number of amides is 1. The van der Waals surface area contributed by atoms with Gasteiger partial charge in [-0.2, -0.15) is 0 Å². The predicted octanol–water partition coefficient (Wildman–Crippen LogP) is 1.65. The van der Waals surface area contributed by atoms with E-state index >= 15 is 0 Å². The first kappa shape index (κ1) is 18.6. The monoisotopic (exact) mass is 308 g/mol. The Morgan fingerprint density at radius 3 is 2.59 bits per heavy atom. The Hall–Kier alpha value is -1.43. The maximum Gasteiger partial charge on any atom is 0.237 e. The van der Waals surface area contributed by atoms with Crippen LogP contribution in [0.4, 0.5) is 0 Å². The number of nitrogens with one attached hydrogen (secondary N) is 1. The summed E-state index contributed by atoms with van der Waals surface area (Å²) >= 11 is 0. The summed E-state index contributed by atoms with van der Waals surface area (Å²) in [7, 11) is 0. The molecule has 0 aliphatic heterocycles. The van der Waals surface area contributed by atoms with Gasteiger partial charge in [0.05, 0.1) is 12.7 Å². The summed E-state index contributed by atoms with van der Waals surface area (Å²) in [5.41, 5.74) is 3.23. The maximum atomic E-state index is 11.9. The van der Waals surface area contributed by atoms with Crippen LogP contribution in [0, 0.1) is 11.8 Å². The van der Waals surface area contributed by atoms with Crippen molar-refractivity contribution in [3.05, 3.63) is 35.9 Å². The molecule has 0 heterocycles. The number of benzene rings is 1. The number of aliphatic hydroxyl groups is 1. The van der Waals surface area contributed by atoms with E-state index in [1.807, 2.05) is 30.3 Å². The number of carbonyl (C=O) groups excluding carboxylic acids is 1. The molecule has 0 fully saturated rings. The van der Waals surface area contributed by atoms with Gasteiger partial charge in [0.1, 0.15) is 0 Å². The van der Waals surface area contributed by atoms with Crippen LogP contribution >= 0.6 is 0 Å². The molecule has 124 valence electrons. The highest BCUT2D eigenvalue weighted by Crippen LogP contribution is 2.15. The van der Waals surface area contributed by atoms with Gasteiger partial charge in [0.2, 0.25) is 5.91 Å². The standard InChI is InChI=1S/C17H28N2O3/c1-13(2)8-9-22-12-16(20)11-15(17(21)19-18)10-14-6-4-3-5-7-14/h3-7,13,15-16,20H,8-12,18H2,1-2H3,(H,19,21)/t15-,16-/m0/s1. The molecule has 0 aliphatic rings. The van der Waals surface area contributed by atoms with Crippen LogP contribution in [0.2, 0.25) is 0 Å². The minimum atomic E-state index is -0.668. The zero-order valence-electron chi connectivity index (χ0n) is 13.5. The average molecular weight is 308 g/mol. The van der Waals surface area contributed by atoms with E-state index in [4.69, 9.17) is 10.6 Å². The Balaban J connectivity index is 2.45. The largest absolute Gasteiger partial charge is 0.391 e. The molecule has 0 radical (unpaired) electrons. The van der Waals surface area contributed by atoms with Crippen molar-refractivity contribution in [2.24, 2.45) is 17.7 Å². The summed E-state index contributed by atoms with van der Waals surface area (Å²) in [5.74, 6) is 5.20. The lowest BCUT2D eigenvalue weighted by molar-refractivity contribution is -0.126. The third kappa shape index (κ3) is 7.54. The lowest BCUT2D eigenvalue weighted by Crippen LogP contribution is -2.39. The Labute approximate surface area is 132 Å². The summed E-state index contributed by atoms with van der Waals surface area (Å²) in [5, 5.41) is 10.1. The number of carbonyl (C=O) groups is 1. The molecule has 22 heavy (non-hydrogen) atoms. The van der Waals surface area contributed by atoms with E-state index in [0.29, 0.717) is 25.4 Å². The van der Waals surface area contributed by atoms with Crippen LogP contribution in [-0.2, 0) is 16.0 Å². The van der Waals surface area contributed by atoms with Gasteiger partial charge in [0.25, 0.3) is 0 Å². The number of nitrogens with two attached hydrogens (primary N) is 1. The highest BCUT2D eigenvalue weighted by molar-refractivity contribution is 5.78. The number of ether oxygens (including phenoxy) is 1. The molecule has 4 N–H and O–H groups in total. The molecular formula is C17H28N2O3. The first-order valence-electron chi connectivity index (χ1n) is 7.83. The van der Waals surface area contributed by atoms with Gasteiger partial charge in [-0.15, -0.1) is 0 Å². The van der Waals surface area contributed by atoms with Crippen molar-refractivity contribution in [1.29, 1.82) is 0 Å². The minimum Gasteiger partial charge on any atom is -0.391 e. The van der Waals surface area contributed by atoms with E-state index in [9.17, 15) is 9.90 Å². The van der Waals surface area contributed by atoms with E-state index in [1.165, 1.54) is 0 Å². The molecule has 0 spiro atoms. The van der Waals surface area contributed by atoms with Gasteiger partial charge in [0.15, 0.2) is 0 Å². The highest BCUT2D eigenvalue weighted by Gasteiger charge is 2.22. The molecule has 1 aromatic rings. The van der Waals surface area contributed by atoms with Crippen molar-refractivity contribution in [1.82, 2.24) is 5.43 Å². The summed E-state index contributed by atoms with van der Waals surface area (Å²) in [6.07, 6.45) is 1.17. The zero-order chi connectivity index (χ0) is 16.4. The summed E-state index contributed by atoms with van der Waals surface area (Å²) in [6.45, 7) is 5.12. The Kier molecular flexibility index (Phi) is 8.74. The fraction of sp³-hybridized carbons (Fsp3) is 0.588. The third-order valence-electron chi connectivity index (χ3n) is 3.54. The van der Waals surface area contributed by atoms with Gasteiger partial charge in [-0.3, -0.25) is 10.2 Å². The molecule has 0 saturated heterocycles. The molecule has 2 atom stereocenters. The third-order valence-corrected chi connectivity index (χ3v) is 3.54. The van der Waals surface area contributed by atoms with E-state index in [1.54, 1.807) is 0 Å². The summed E-state index contributed by atoms with van der Waals surface area (Å²) < 4.78 is 5.46. The normalized spacial score (nSPS) is 13.9. The molecule has 0 aliphatic carbocycles. The molecule has 1 amide bonds. The second-order valence-electron chi connectivity index (χ2n) is 6.04. The van der Waals surface area contributed by atoms with Crippen LogP contribution < -0.4 is 11.3 Å². The molecule has 5 nitrogen and oxygen atoms in total. The van der Waals surface area contributed by atoms with Crippen LogP contribution in [0.25, 0.3) is 0 Å². The first-order valence-corrected chi connectivity index (χ1v) is 7.83. The van der Waals surface area contributed by atoms with Crippen LogP contribution in [-0.4, -0.2) is 30.3 Å². The minimum absolute atomic E-state index is 0.246. The molecule has 0 unspecified atom stereocenters. The van der Waals surface area contributed by atoms with E-state index in [0.717, 1.165) is 12.0 Å². The topological polar surface area (TPSA) is 84.6 Å². The Bertz CT molecular complexity index is 423. The van der Waals surface area contributed by atoms with Gasteiger partial charge in [-0.05, 0) is 30.7 Å². The molecule has 1 rings (SSSR count). The fourth-order valence-corrected chi connectivity index (χ4v) is 2.23. The van der Waals surface area contributed by atoms with Crippen molar-refractivity contribution < 1.29 is 14.6 Å². The highest BCUT2D eigenvalue weighted by atomic mass is 16.5. The van der Waals surface area contributed by atoms with Gasteiger partial charge in [-0.1, -0.05) is 44.2 Å². The number of rotatable bonds is 10. The van der Waals surface area contributed by atoms with Gasteiger partial charge in [0, 0.05) is 12.5 Å². The Morgan fingerprint density at radius 2 is 2.00 bits per heavy atom. The van der Waals surface area contributed by atoms with E-state index in [-0.39, 0.29) is 18.4 Å². The lowest BCUT2D eigenvalue weighted by atomic mass is 9.93. The summed E-state index contributed by atoms with van der Waals surface area (Å²) in [4.78, 5) is 11.9. The second kappa shape index (κ2) is 10.3. The van der Waals surface area contributed by atoms with Crippen LogP contribution in [0.5, 0.6) is 0 Å². The molecule has 5 heteroatoms. The van der Waals surface area contributed by atoms with Crippen molar-refractivity contribution in [2.45, 2.75) is 39.2 Å². The van der Waals surface area contributed by atoms with Crippen LogP contribution in [0.15, 0.2) is 30.3 Å². The zero-order valence-corrected chi connectivity index (χ0v) is 13.5. The van der Waals surface area contributed by atoms with Crippen LogP contribution in [0.3, 0.4) is 0 Å². The second-order valence-corrected chi connectivity index (χ2v) is 6.04. The predicted molar refractivity (Wildman–Crippen MR) is 86.9 cm³/mol. The SMILES string of the molecule is CC(C)CCOC[C@@H](O)C[C@H](Cc1ccccc1)C(=O)NN. The fourth-order valence-electron chi connectivity index (χ4n) is 2.23. The van der Waals surface area contributed by atoms with Crippen LogP contribution in [0.1, 0.15) is 32.3 Å². The smallest absolute Gasteiger partial charge is 0.237 e. The molecular weight excluding hydrogens is 280 g/mol.